The minimum absolute atomic E-state index is 0.0653. The molecule has 2 heterocycles. The van der Waals surface area contributed by atoms with E-state index in [9.17, 15) is 4.79 Å². The molecule has 0 aliphatic rings. The molecule has 2 rings (SSSR count). The highest BCUT2D eigenvalue weighted by molar-refractivity contribution is 5.76. The number of pyridine rings is 1. The first-order valence-electron chi connectivity index (χ1n) is 9.41. The van der Waals surface area contributed by atoms with Crippen LogP contribution in [0.15, 0.2) is 30.6 Å². The lowest BCUT2D eigenvalue weighted by Crippen LogP contribution is -2.32. The Hall–Kier alpha value is -2.37. The van der Waals surface area contributed by atoms with Gasteiger partial charge in [0.05, 0.1) is 36.2 Å². The van der Waals surface area contributed by atoms with E-state index in [1.165, 1.54) is 0 Å². The van der Waals surface area contributed by atoms with Crippen LogP contribution >= 0.6 is 0 Å². The molecule has 2 aromatic rings. The number of esters is 1. The summed E-state index contributed by atoms with van der Waals surface area (Å²) in [6.45, 7) is 7.02. The van der Waals surface area contributed by atoms with Gasteiger partial charge in [-0.3, -0.25) is 14.9 Å². The minimum atomic E-state index is -0.358. The maximum atomic E-state index is 12.3. The van der Waals surface area contributed by atoms with Gasteiger partial charge in [-0.25, -0.2) is 0 Å². The number of rotatable bonds is 11. The fraction of sp³-hybridized carbons (Fsp3) is 0.550. The Labute approximate surface area is 155 Å². The normalized spacial score (nSPS) is 11.3. The van der Waals surface area contributed by atoms with Gasteiger partial charge in [-0.05, 0) is 57.2 Å². The molecule has 0 unspecified atom stereocenters. The van der Waals surface area contributed by atoms with E-state index in [0.717, 1.165) is 49.2 Å². The van der Waals surface area contributed by atoms with Crippen LogP contribution in [0.3, 0.4) is 0 Å². The Morgan fingerprint density at radius 2 is 1.96 bits per heavy atom. The van der Waals surface area contributed by atoms with Crippen molar-refractivity contribution in [2.24, 2.45) is 5.41 Å². The van der Waals surface area contributed by atoms with Crippen LogP contribution in [0, 0.1) is 5.41 Å². The van der Waals surface area contributed by atoms with Crippen molar-refractivity contribution < 1.29 is 14.3 Å². The lowest BCUT2D eigenvalue weighted by molar-refractivity contribution is -0.156. The van der Waals surface area contributed by atoms with Gasteiger partial charge in [0.25, 0.3) is 0 Å². The zero-order valence-corrected chi connectivity index (χ0v) is 16.0. The maximum absolute atomic E-state index is 12.3. The number of carbonyl (C=O) groups excluding carboxylic acids is 1. The molecule has 0 bridgehead atoms. The van der Waals surface area contributed by atoms with Gasteiger partial charge in [-0.2, -0.15) is 5.10 Å². The van der Waals surface area contributed by atoms with Gasteiger partial charge in [0.1, 0.15) is 5.75 Å². The van der Waals surface area contributed by atoms with Gasteiger partial charge < -0.3 is 9.47 Å². The van der Waals surface area contributed by atoms with Crippen molar-refractivity contribution in [3.8, 4) is 17.1 Å². The van der Waals surface area contributed by atoms with Crippen LogP contribution in [0.2, 0.25) is 0 Å². The van der Waals surface area contributed by atoms with Crippen molar-refractivity contribution in [3.05, 3.63) is 30.6 Å². The third kappa shape index (κ3) is 5.07. The van der Waals surface area contributed by atoms with Gasteiger partial charge in [0.15, 0.2) is 0 Å². The summed E-state index contributed by atoms with van der Waals surface area (Å²) in [4.78, 5) is 16.6. The second-order valence-corrected chi connectivity index (χ2v) is 6.36. The maximum Gasteiger partial charge on any atom is 0.312 e. The van der Waals surface area contributed by atoms with E-state index >= 15 is 0 Å². The number of aromatic amines is 1. The predicted octanol–water partition coefficient (Wildman–Crippen LogP) is 4.39. The van der Waals surface area contributed by atoms with Crippen molar-refractivity contribution in [1.82, 2.24) is 15.2 Å². The molecule has 0 atom stereocenters. The Bertz CT molecular complexity index is 649. The molecule has 2 aromatic heterocycles. The van der Waals surface area contributed by atoms with Crippen LogP contribution in [-0.4, -0.2) is 34.4 Å². The molecule has 0 aliphatic heterocycles. The number of unbranched alkanes of at least 4 members (excludes halogenated alkanes) is 1. The van der Waals surface area contributed by atoms with Crippen molar-refractivity contribution in [2.45, 2.75) is 52.9 Å². The summed E-state index contributed by atoms with van der Waals surface area (Å²) in [7, 11) is 0. The molecule has 1 N–H and O–H groups in total. The molecular formula is C20H29N3O3. The molecule has 6 nitrogen and oxygen atoms in total. The summed E-state index contributed by atoms with van der Waals surface area (Å²) in [5.41, 5.74) is 1.36. The number of carbonyl (C=O) groups is 1. The van der Waals surface area contributed by atoms with E-state index < -0.39 is 0 Å². The third-order valence-electron chi connectivity index (χ3n) is 4.89. The molecular weight excluding hydrogens is 330 g/mol. The monoisotopic (exact) mass is 359 g/mol. The highest BCUT2D eigenvalue weighted by Crippen LogP contribution is 2.34. The van der Waals surface area contributed by atoms with Gasteiger partial charge in [-0.15, -0.1) is 0 Å². The Morgan fingerprint density at radius 1 is 1.15 bits per heavy atom. The summed E-state index contributed by atoms with van der Waals surface area (Å²) in [6, 6.07) is 5.69. The van der Waals surface area contributed by atoms with Crippen LogP contribution in [0.5, 0.6) is 5.75 Å². The summed E-state index contributed by atoms with van der Waals surface area (Å²) in [5, 5.41) is 6.80. The smallest absolute Gasteiger partial charge is 0.312 e. The second kappa shape index (κ2) is 9.94. The van der Waals surface area contributed by atoms with Crippen LogP contribution < -0.4 is 4.74 Å². The van der Waals surface area contributed by atoms with E-state index in [1.54, 1.807) is 12.4 Å². The van der Waals surface area contributed by atoms with Crippen LogP contribution in [0.25, 0.3) is 11.4 Å². The average molecular weight is 359 g/mol. The number of nitrogens with zero attached hydrogens (tertiary/aromatic N) is 2. The third-order valence-corrected chi connectivity index (χ3v) is 4.89. The Balaban J connectivity index is 1.76. The molecule has 0 amide bonds. The Kier molecular flexibility index (Phi) is 7.63. The van der Waals surface area contributed by atoms with Crippen LogP contribution in [0.4, 0.5) is 0 Å². The van der Waals surface area contributed by atoms with E-state index in [4.69, 9.17) is 9.47 Å². The van der Waals surface area contributed by atoms with E-state index in [0.29, 0.717) is 13.2 Å². The average Bonchev–Trinajstić information content (AvgIpc) is 3.20. The summed E-state index contributed by atoms with van der Waals surface area (Å²) in [6.07, 6.45) is 7.69. The van der Waals surface area contributed by atoms with Crippen molar-refractivity contribution >= 4 is 5.97 Å². The van der Waals surface area contributed by atoms with Crippen molar-refractivity contribution in [3.63, 3.8) is 0 Å². The first-order chi connectivity index (χ1) is 12.6. The summed E-state index contributed by atoms with van der Waals surface area (Å²) in [5.74, 6) is 0.681. The molecule has 26 heavy (non-hydrogen) atoms. The van der Waals surface area contributed by atoms with Gasteiger partial charge >= 0.3 is 5.97 Å². The topological polar surface area (TPSA) is 77.1 Å². The van der Waals surface area contributed by atoms with Crippen molar-refractivity contribution in [1.29, 1.82) is 0 Å². The molecule has 0 aromatic carbocycles. The number of nitrogens with one attached hydrogen (secondary N) is 1. The van der Waals surface area contributed by atoms with Crippen LogP contribution in [-0.2, 0) is 9.53 Å². The standard InChI is InChI=1S/C20H29N3O3/c1-4-20(5-2,19(24)25-6-3)12-7-8-14-26-16-9-10-17(21-15-16)18-11-13-22-23-18/h9-11,13,15H,4-8,12,14H2,1-3H3,(H,22,23). The number of hydrogen-bond acceptors (Lipinski definition) is 5. The number of ether oxygens (including phenoxy) is 2. The number of H-pyrrole nitrogens is 1. The van der Waals surface area contributed by atoms with Gasteiger partial charge in [0, 0.05) is 6.20 Å². The molecule has 0 fully saturated rings. The Morgan fingerprint density at radius 3 is 2.54 bits per heavy atom. The zero-order valence-electron chi connectivity index (χ0n) is 16.0. The lowest BCUT2D eigenvalue weighted by atomic mass is 9.78. The van der Waals surface area contributed by atoms with Crippen LogP contribution in [0.1, 0.15) is 52.9 Å². The molecule has 142 valence electrons. The molecule has 6 heteroatoms. The first kappa shape index (κ1) is 19.9. The molecule has 0 spiro atoms. The summed E-state index contributed by atoms with van der Waals surface area (Å²) >= 11 is 0. The SMILES string of the molecule is CCOC(=O)C(CC)(CC)CCCCOc1ccc(-c2ccn[nH]2)nc1. The highest BCUT2D eigenvalue weighted by Gasteiger charge is 2.35. The number of hydrogen-bond donors (Lipinski definition) is 1. The number of aromatic nitrogens is 3. The summed E-state index contributed by atoms with van der Waals surface area (Å²) < 4.78 is 11.0. The fourth-order valence-corrected chi connectivity index (χ4v) is 3.06. The van der Waals surface area contributed by atoms with Gasteiger partial charge in [0.2, 0.25) is 0 Å². The van der Waals surface area contributed by atoms with E-state index in [-0.39, 0.29) is 11.4 Å². The first-order valence-corrected chi connectivity index (χ1v) is 9.41. The molecule has 0 saturated carbocycles. The minimum Gasteiger partial charge on any atom is -0.492 e. The molecule has 0 aliphatic carbocycles. The fourth-order valence-electron chi connectivity index (χ4n) is 3.06. The van der Waals surface area contributed by atoms with E-state index in [1.807, 2.05) is 25.1 Å². The second-order valence-electron chi connectivity index (χ2n) is 6.36. The predicted molar refractivity (Wildman–Crippen MR) is 101 cm³/mol. The lowest BCUT2D eigenvalue weighted by Gasteiger charge is -2.29. The van der Waals surface area contributed by atoms with Crippen molar-refractivity contribution in [2.75, 3.05) is 13.2 Å². The molecule has 0 saturated heterocycles. The quantitative estimate of drug-likeness (QED) is 0.475. The molecule has 0 radical (unpaired) electrons. The highest BCUT2D eigenvalue weighted by atomic mass is 16.5. The van der Waals surface area contributed by atoms with Gasteiger partial charge in [-0.1, -0.05) is 13.8 Å². The van der Waals surface area contributed by atoms with E-state index in [2.05, 4.69) is 29.0 Å². The largest absolute Gasteiger partial charge is 0.492 e. The zero-order chi connectivity index (χ0) is 18.8.